The van der Waals surface area contributed by atoms with Gasteiger partial charge in [-0.05, 0) is 38.0 Å². The first-order valence-electron chi connectivity index (χ1n) is 8.83. The molecular weight excluding hydrogens is 344 g/mol. The second kappa shape index (κ2) is 6.08. The Kier molecular flexibility index (Phi) is 4.25. The highest BCUT2D eigenvalue weighted by Gasteiger charge is 2.49. The number of nitrogens with zero attached hydrogens (tertiary/aromatic N) is 1. The number of nitrogen functional groups attached to an aromatic ring is 1. The van der Waals surface area contributed by atoms with Crippen LogP contribution in [-0.4, -0.2) is 28.8 Å². The summed E-state index contributed by atoms with van der Waals surface area (Å²) in [5.74, 6) is 0.284. The third-order valence-electron chi connectivity index (χ3n) is 5.50. The molecule has 0 spiro atoms. The molecule has 1 aliphatic heterocycles. The van der Waals surface area contributed by atoms with E-state index in [0.29, 0.717) is 23.4 Å². The van der Waals surface area contributed by atoms with E-state index in [1.165, 1.54) is 14.0 Å². The SMILES string of the molecule is COc1cc2c(c(O)c1N)C(C)(c1ccc(O)cc1)CC(C)(C)N2C(C)=O. The lowest BCUT2D eigenvalue weighted by Crippen LogP contribution is -2.55. The lowest BCUT2D eigenvalue weighted by atomic mass is 9.64. The standard InChI is InChI=1S/C21H26N2O4/c1-12(24)23-15-10-16(27-5)18(22)19(26)17(15)21(4,11-20(23,2)3)13-6-8-14(25)9-7-13/h6-10,25-26H,11,22H2,1-5H3. The summed E-state index contributed by atoms with van der Waals surface area (Å²) in [6.07, 6.45) is 0.566. The third kappa shape index (κ3) is 2.76. The summed E-state index contributed by atoms with van der Waals surface area (Å²) >= 11 is 0. The summed E-state index contributed by atoms with van der Waals surface area (Å²) in [4.78, 5) is 14.2. The van der Waals surface area contributed by atoms with Crippen molar-refractivity contribution in [2.24, 2.45) is 0 Å². The molecule has 0 radical (unpaired) electrons. The molecule has 1 atom stereocenters. The van der Waals surface area contributed by atoms with E-state index in [1.54, 1.807) is 23.1 Å². The molecule has 1 amide bonds. The molecule has 4 N–H and O–H groups in total. The maximum atomic E-state index is 12.5. The zero-order valence-corrected chi connectivity index (χ0v) is 16.3. The van der Waals surface area contributed by atoms with Gasteiger partial charge in [-0.25, -0.2) is 0 Å². The van der Waals surface area contributed by atoms with E-state index in [9.17, 15) is 15.0 Å². The van der Waals surface area contributed by atoms with Crippen molar-refractivity contribution in [2.75, 3.05) is 17.7 Å². The smallest absolute Gasteiger partial charge is 0.224 e. The van der Waals surface area contributed by atoms with Crippen LogP contribution in [0.25, 0.3) is 0 Å². The van der Waals surface area contributed by atoms with Crippen LogP contribution in [0.3, 0.4) is 0 Å². The first-order chi connectivity index (χ1) is 12.5. The van der Waals surface area contributed by atoms with Crippen LogP contribution in [-0.2, 0) is 10.2 Å². The topological polar surface area (TPSA) is 96.0 Å². The van der Waals surface area contributed by atoms with Gasteiger partial charge in [0.15, 0.2) is 0 Å². The molecular formula is C21H26N2O4. The summed E-state index contributed by atoms with van der Waals surface area (Å²) in [6.45, 7) is 7.52. The number of hydrogen-bond acceptors (Lipinski definition) is 5. The van der Waals surface area contributed by atoms with Crippen molar-refractivity contribution >= 4 is 17.3 Å². The number of benzene rings is 2. The van der Waals surface area contributed by atoms with Gasteiger partial charge in [-0.2, -0.15) is 0 Å². The molecule has 3 rings (SSSR count). The summed E-state index contributed by atoms with van der Waals surface area (Å²) in [5.41, 5.74) is 7.20. The summed E-state index contributed by atoms with van der Waals surface area (Å²) < 4.78 is 5.32. The zero-order chi connectivity index (χ0) is 20.1. The van der Waals surface area contributed by atoms with Gasteiger partial charge in [0.2, 0.25) is 5.91 Å². The molecule has 1 heterocycles. The van der Waals surface area contributed by atoms with Crippen LogP contribution in [0.5, 0.6) is 17.2 Å². The van der Waals surface area contributed by atoms with Gasteiger partial charge < -0.3 is 25.6 Å². The number of aromatic hydroxyl groups is 2. The Morgan fingerprint density at radius 1 is 1.19 bits per heavy atom. The Bertz CT molecular complexity index is 905. The van der Waals surface area contributed by atoms with E-state index in [4.69, 9.17) is 10.5 Å². The van der Waals surface area contributed by atoms with Gasteiger partial charge in [-0.3, -0.25) is 4.79 Å². The highest BCUT2D eigenvalue weighted by atomic mass is 16.5. The summed E-state index contributed by atoms with van der Waals surface area (Å²) in [7, 11) is 1.47. The second-order valence-corrected chi connectivity index (χ2v) is 7.96. The number of amides is 1. The number of carbonyl (C=O) groups excluding carboxylic acids is 1. The van der Waals surface area contributed by atoms with Gasteiger partial charge in [0.25, 0.3) is 0 Å². The molecule has 0 saturated heterocycles. The highest BCUT2D eigenvalue weighted by Crippen LogP contribution is 2.56. The number of ether oxygens (including phenoxy) is 1. The van der Waals surface area contributed by atoms with E-state index < -0.39 is 11.0 Å². The molecule has 0 saturated carbocycles. The predicted molar refractivity (Wildman–Crippen MR) is 105 cm³/mol. The fourth-order valence-electron chi connectivity index (χ4n) is 4.57. The van der Waals surface area contributed by atoms with Crippen molar-refractivity contribution in [1.29, 1.82) is 0 Å². The lowest BCUT2D eigenvalue weighted by molar-refractivity contribution is -0.117. The van der Waals surface area contributed by atoms with Gasteiger partial charge in [0.1, 0.15) is 22.9 Å². The lowest BCUT2D eigenvalue weighted by Gasteiger charge is -2.51. The zero-order valence-electron chi connectivity index (χ0n) is 16.3. The molecule has 2 aromatic carbocycles. The maximum absolute atomic E-state index is 12.5. The molecule has 27 heavy (non-hydrogen) atoms. The Balaban J connectivity index is 2.40. The Morgan fingerprint density at radius 2 is 1.78 bits per heavy atom. The Morgan fingerprint density at radius 3 is 2.30 bits per heavy atom. The minimum absolute atomic E-state index is 0.0818. The van der Waals surface area contributed by atoms with Gasteiger partial charge in [-0.1, -0.05) is 19.1 Å². The molecule has 6 nitrogen and oxygen atoms in total. The summed E-state index contributed by atoms with van der Waals surface area (Å²) in [5, 5.41) is 20.7. The van der Waals surface area contributed by atoms with Crippen molar-refractivity contribution in [1.82, 2.24) is 0 Å². The van der Waals surface area contributed by atoms with Gasteiger partial charge in [-0.15, -0.1) is 0 Å². The number of phenols is 2. The van der Waals surface area contributed by atoms with Gasteiger partial charge in [0.05, 0.1) is 12.8 Å². The van der Waals surface area contributed by atoms with Crippen molar-refractivity contribution in [3.63, 3.8) is 0 Å². The number of fused-ring (bicyclic) bond motifs is 1. The number of carbonyl (C=O) groups is 1. The normalized spacial score (nSPS) is 20.9. The Hall–Kier alpha value is -2.89. The number of rotatable bonds is 2. The van der Waals surface area contributed by atoms with E-state index in [0.717, 1.165) is 5.56 Å². The average Bonchev–Trinajstić information content (AvgIpc) is 2.56. The molecule has 0 aromatic heterocycles. The van der Waals surface area contributed by atoms with Crippen molar-refractivity contribution < 1.29 is 19.7 Å². The highest BCUT2D eigenvalue weighted by molar-refractivity contribution is 5.97. The molecule has 144 valence electrons. The van der Waals surface area contributed by atoms with E-state index in [1.807, 2.05) is 32.9 Å². The number of hydrogen-bond donors (Lipinski definition) is 3. The van der Waals surface area contributed by atoms with Gasteiger partial charge >= 0.3 is 0 Å². The van der Waals surface area contributed by atoms with Crippen molar-refractivity contribution in [2.45, 2.75) is 45.1 Å². The van der Waals surface area contributed by atoms with Crippen molar-refractivity contribution in [3.8, 4) is 17.2 Å². The molecule has 1 unspecified atom stereocenters. The van der Waals surface area contributed by atoms with Crippen LogP contribution < -0.4 is 15.4 Å². The minimum atomic E-state index is -0.622. The van der Waals surface area contributed by atoms with Crippen LogP contribution >= 0.6 is 0 Å². The molecule has 0 bridgehead atoms. The third-order valence-corrected chi connectivity index (χ3v) is 5.50. The number of methoxy groups -OCH3 is 1. The summed E-state index contributed by atoms with van der Waals surface area (Å²) in [6, 6.07) is 8.62. The van der Waals surface area contributed by atoms with Crippen molar-refractivity contribution in [3.05, 3.63) is 41.5 Å². The maximum Gasteiger partial charge on any atom is 0.224 e. The molecule has 0 aliphatic carbocycles. The van der Waals surface area contributed by atoms with Crippen LogP contribution in [0.1, 0.15) is 45.2 Å². The van der Waals surface area contributed by atoms with E-state index in [2.05, 4.69) is 0 Å². The average molecular weight is 370 g/mol. The van der Waals surface area contributed by atoms with Crippen LogP contribution in [0, 0.1) is 0 Å². The first-order valence-corrected chi connectivity index (χ1v) is 8.83. The fraction of sp³-hybridized carbons (Fsp3) is 0.381. The van der Waals surface area contributed by atoms with E-state index >= 15 is 0 Å². The molecule has 1 aliphatic rings. The quantitative estimate of drug-likeness (QED) is 0.555. The molecule has 2 aromatic rings. The van der Waals surface area contributed by atoms with Gasteiger partial charge in [0, 0.05) is 29.5 Å². The fourth-order valence-corrected chi connectivity index (χ4v) is 4.57. The van der Waals surface area contributed by atoms with Crippen LogP contribution in [0.15, 0.2) is 30.3 Å². The Labute approximate surface area is 159 Å². The number of phenolic OH excluding ortho intramolecular Hbond substituents is 2. The monoisotopic (exact) mass is 370 g/mol. The largest absolute Gasteiger partial charge is 0.508 e. The molecule has 6 heteroatoms. The van der Waals surface area contributed by atoms with Crippen LogP contribution in [0.4, 0.5) is 11.4 Å². The van der Waals surface area contributed by atoms with Crippen LogP contribution in [0.2, 0.25) is 0 Å². The second-order valence-electron chi connectivity index (χ2n) is 7.96. The predicted octanol–water partition coefficient (Wildman–Crippen LogP) is 3.53. The number of nitrogens with two attached hydrogens (primary N) is 1. The minimum Gasteiger partial charge on any atom is -0.508 e. The van der Waals surface area contributed by atoms with E-state index in [-0.39, 0.29) is 23.1 Å². The molecule has 0 fully saturated rings. The number of anilines is 2. The first kappa shape index (κ1) is 18.9.